The minimum absolute atomic E-state index is 0.257. The van der Waals surface area contributed by atoms with Gasteiger partial charge in [-0.25, -0.2) is 4.79 Å². The molecular weight excluding hydrogens is 260 g/mol. The second-order valence-corrected chi connectivity index (χ2v) is 5.03. The standard InChI is InChI=1S/C9H12N4O4S/c1-11-5-10-7(13(16)17)8(11)12-2-3-18-4-6(12)9(14)15/h5-6H,2-4H2,1H3,(H,14,15). The van der Waals surface area contributed by atoms with E-state index in [1.54, 1.807) is 11.9 Å². The Labute approximate surface area is 107 Å². The molecule has 8 nitrogen and oxygen atoms in total. The molecular formula is C9H12N4O4S. The lowest BCUT2D eigenvalue weighted by Crippen LogP contribution is -2.48. The Kier molecular flexibility index (Phi) is 3.41. The smallest absolute Gasteiger partial charge is 0.406 e. The molecule has 1 aromatic rings. The van der Waals surface area contributed by atoms with Crippen molar-refractivity contribution in [1.29, 1.82) is 0 Å². The van der Waals surface area contributed by atoms with E-state index >= 15 is 0 Å². The molecule has 0 amide bonds. The Hall–Kier alpha value is -1.77. The molecule has 1 unspecified atom stereocenters. The van der Waals surface area contributed by atoms with E-state index in [1.807, 2.05) is 0 Å². The average Bonchev–Trinajstić information content (AvgIpc) is 2.71. The predicted molar refractivity (Wildman–Crippen MR) is 66.0 cm³/mol. The maximum absolute atomic E-state index is 11.2. The van der Waals surface area contributed by atoms with Crippen LogP contribution in [0.4, 0.5) is 11.6 Å². The van der Waals surface area contributed by atoms with E-state index in [4.69, 9.17) is 0 Å². The number of carbonyl (C=O) groups is 1. The molecule has 0 spiro atoms. The summed E-state index contributed by atoms with van der Waals surface area (Å²) in [6.45, 7) is 0.460. The molecule has 1 N–H and O–H groups in total. The minimum Gasteiger partial charge on any atom is -0.480 e. The lowest BCUT2D eigenvalue weighted by atomic mass is 10.2. The summed E-state index contributed by atoms with van der Waals surface area (Å²) in [4.78, 5) is 26.8. The molecule has 2 rings (SSSR count). The van der Waals surface area contributed by atoms with Crippen LogP contribution in [0, 0.1) is 10.1 Å². The van der Waals surface area contributed by atoms with Gasteiger partial charge in [0.1, 0.15) is 6.04 Å². The zero-order valence-corrected chi connectivity index (χ0v) is 10.5. The molecule has 1 fully saturated rings. The first-order chi connectivity index (χ1) is 8.52. The predicted octanol–water partition coefficient (Wildman–Crippen LogP) is 0.335. The normalized spacial score (nSPS) is 19.8. The number of carboxylic acid groups (broad SMARTS) is 1. The van der Waals surface area contributed by atoms with E-state index in [9.17, 15) is 20.0 Å². The largest absolute Gasteiger partial charge is 0.480 e. The van der Waals surface area contributed by atoms with Gasteiger partial charge in [-0.1, -0.05) is 0 Å². The molecule has 0 saturated carbocycles. The van der Waals surface area contributed by atoms with Gasteiger partial charge in [0, 0.05) is 25.1 Å². The fourth-order valence-electron chi connectivity index (χ4n) is 1.93. The van der Waals surface area contributed by atoms with Gasteiger partial charge >= 0.3 is 11.8 Å². The third kappa shape index (κ3) is 2.13. The van der Waals surface area contributed by atoms with Crippen molar-refractivity contribution in [2.75, 3.05) is 23.0 Å². The van der Waals surface area contributed by atoms with Crippen LogP contribution < -0.4 is 4.90 Å². The van der Waals surface area contributed by atoms with Crippen LogP contribution in [0.5, 0.6) is 0 Å². The number of thioether (sulfide) groups is 1. The van der Waals surface area contributed by atoms with Crippen LogP contribution in [0.2, 0.25) is 0 Å². The van der Waals surface area contributed by atoms with Gasteiger partial charge in [-0.15, -0.1) is 0 Å². The number of carboxylic acids is 1. The average molecular weight is 272 g/mol. The zero-order chi connectivity index (χ0) is 13.3. The molecule has 1 atom stereocenters. The monoisotopic (exact) mass is 272 g/mol. The van der Waals surface area contributed by atoms with E-state index < -0.39 is 16.9 Å². The SMILES string of the molecule is Cn1cnc([N+](=O)[O-])c1N1CCSCC1C(=O)O. The van der Waals surface area contributed by atoms with E-state index in [0.29, 0.717) is 12.3 Å². The zero-order valence-electron chi connectivity index (χ0n) is 9.65. The van der Waals surface area contributed by atoms with Gasteiger partial charge in [0.25, 0.3) is 0 Å². The molecule has 18 heavy (non-hydrogen) atoms. The van der Waals surface area contributed by atoms with Crippen molar-refractivity contribution in [3.05, 3.63) is 16.4 Å². The highest BCUT2D eigenvalue weighted by molar-refractivity contribution is 7.99. The van der Waals surface area contributed by atoms with E-state index in [2.05, 4.69) is 4.98 Å². The van der Waals surface area contributed by atoms with Crippen molar-refractivity contribution >= 4 is 29.4 Å². The van der Waals surface area contributed by atoms with Crippen LogP contribution in [-0.2, 0) is 11.8 Å². The van der Waals surface area contributed by atoms with Gasteiger partial charge in [0.15, 0.2) is 0 Å². The first-order valence-electron chi connectivity index (χ1n) is 5.25. The molecule has 0 aromatic carbocycles. The van der Waals surface area contributed by atoms with Crippen molar-refractivity contribution in [3.8, 4) is 0 Å². The molecule has 9 heteroatoms. The third-order valence-corrected chi connectivity index (χ3v) is 3.77. The van der Waals surface area contributed by atoms with Gasteiger partial charge in [0.05, 0.1) is 0 Å². The van der Waals surface area contributed by atoms with Gasteiger partial charge < -0.3 is 20.1 Å². The second-order valence-electron chi connectivity index (χ2n) is 3.88. The number of nitro groups is 1. The Morgan fingerprint density at radius 1 is 1.72 bits per heavy atom. The highest BCUT2D eigenvalue weighted by Gasteiger charge is 2.35. The van der Waals surface area contributed by atoms with Crippen LogP contribution in [0.25, 0.3) is 0 Å². The molecule has 2 heterocycles. The molecule has 1 aliphatic rings. The Morgan fingerprint density at radius 3 is 3.06 bits per heavy atom. The van der Waals surface area contributed by atoms with Crippen molar-refractivity contribution in [1.82, 2.24) is 9.55 Å². The van der Waals surface area contributed by atoms with E-state index in [0.717, 1.165) is 5.75 Å². The summed E-state index contributed by atoms with van der Waals surface area (Å²) in [5.74, 6) is 0.144. The number of aromatic nitrogens is 2. The number of anilines is 1. The van der Waals surface area contributed by atoms with Crippen molar-refractivity contribution in [3.63, 3.8) is 0 Å². The molecule has 0 bridgehead atoms. The van der Waals surface area contributed by atoms with Crippen molar-refractivity contribution < 1.29 is 14.8 Å². The Morgan fingerprint density at radius 2 is 2.44 bits per heavy atom. The highest BCUT2D eigenvalue weighted by atomic mass is 32.2. The topological polar surface area (TPSA) is 101 Å². The summed E-state index contributed by atoms with van der Waals surface area (Å²) in [7, 11) is 1.62. The van der Waals surface area contributed by atoms with E-state index in [1.165, 1.54) is 22.7 Å². The number of nitrogens with zero attached hydrogens (tertiary/aromatic N) is 4. The summed E-state index contributed by atoms with van der Waals surface area (Å²) >= 11 is 1.53. The first-order valence-corrected chi connectivity index (χ1v) is 6.40. The number of aliphatic carboxylic acids is 1. The maximum atomic E-state index is 11.2. The van der Waals surface area contributed by atoms with Gasteiger partial charge in [-0.05, 0) is 9.91 Å². The number of rotatable bonds is 3. The van der Waals surface area contributed by atoms with Crippen LogP contribution >= 0.6 is 11.8 Å². The fraction of sp³-hybridized carbons (Fsp3) is 0.556. The first kappa shape index (κ1) is 12.7. The summed E-state index contributed by atoms with van der Waals surface area (Å²) in [5.41, 5.74) is 0. The van der Waals surface area contributed by atoms with Crippen LogP contribution in [0.15, 0.2) is 6.33 Å². The number of hydrogen-bond acceptors (Lipinski definition) is 6. The quantitative estimate of drug-likeness (QED) is 0.625. The summed E-state index contributed by atoms with van der Waals surface area (Å²) in [6, 6.07) is -0.752. The summed E-state index contributed by atoms with van der Waals surface area (Å²) in [6.07, 6.45) is 1.33. The lowest BCUT2D eigenvalue weighted by Gasteiger charge is -2.33. The number of aryl methyl sites for hydroxylation is 1. The van der Waals surface area contributed by atoms with Gasteiger partial charge in [-0.3, -0.25) is 4.57 Å². The molecule has 0 aliphatic carbocycles. The molecule has 98 valence electrons. The van der Waals surface area contributed by atoms with Gasteiger partial charge in [0.2, 0.25) is 12.1 Å². The van der Waals surface area contributed by atoms with Crippen molar-refractivity contribution in [2.24, 2.45) is 7.05 Å². The highest BCUT2D eigenvalue weighted by Crippen LogP contribution is 2.30. The lowest BCUT2D eigenvalue weighted by molar-refractivity contribution is -0.388. The second kappa shape index (κ2) is 4.84. The minimum atomic E-state index is -0.974. The maximum Gasteiger partial charge on any atom is 0.406 e. The number of hydrogen-bond donors (Lipinski definition) is 1. The third-order valence-electron chi connectivity index (χ3n) is 2.75. The van der Waals surface area contributed by atoms with Crippen molar-refractivity contribution in [2.45, 2.75) is 6.04 Å². The molecule has 1 aromatic heterocycles. The molecule has 1 aliphatic heterocycles. The fourth-order valence-corrected chi connectivity index (χ4v) is 2.97. The van der Waals surface area contributed by atoms with Gasteiger partial charge in [-0.2, -0.15) is 11.8 Å². The van der Waals surface area contributed by atoms with Crippen LogP contribution in [0.1, 0.15) is 0 Å². The van der Waals surface area contributed by atoms with Crippen LogP contribution in [-0.4, -0.2) is 49.6 Å². The Balaban J connectivity index is 2.42. The van der Waals surface area contributed by atoms with Crippen LogP contribution in [0.3, 0.4) is 0 Å². The summed E-state index contributed by atoms with van der Waals surface area (Å²) in [5, 5.41) is 20.1. The Bertz CT molecular complexity index is 489. The number of imidazole rings is 1. The van der Waals surface area contributed by atoms with E-state index in [-0.39, 0.29) is 11.6 Å². The molecule has 1 saturated heterocycles. The molecule has 0 radical (unpaired) electrons. The summed E-state index contributed by atoms with van der Waals surface area (Å²) < 4.78 is 1.49.